The molecule has 0 atom stereocenters. The molecule has 0 bridgehead atoms. The predicted molar refractivity (Wildman–Crippen MR) is 73.4 cm³/mol. The van der Waals surface area contributed by atoms with Crippen molar-refractivity contribution in [1.29, 1.82) is 0 Å². The zero-order valence-corrected chi connectivity index (χ0v) is 11.3. The molecule has 1 aromatic rings. The zero-order chi connectivity index (χ0) is 13.3. The summed E-state index contributed by atoms with van der Waals surface area (Å²) in [5, 5.41) is 0. The normalized spacial score (nSPS) is 19.2. The number of hydrogen-bond donors (Lipinski definition) is 1. The van der Waals surface area contributed by atoms with Crippen LogP contribution in [0.2, 0.25) is 0 Å². The highest BCUT2D eigenvalue weighted by Gasteiger charge is 2.40. The van der Waals surface area contributed by atoms with Gasteiger partial charge in [0.2, 0.25) is 5.91 Å². The lowest BCUT2D eigenvalue weighted by atomic mass is 9.96. The number of likely N-dealkylation sites (N-methyl/N-ethyl adjacent to an activating group) is 1. The van der Waals surface area contributed by atoms with E-state index >= 15 is 0 Å². The Balaban J connectivity index is 2.34. The number of nitrogens with two attached hydrogens (primary N) is 1. The fourth-order valence-electron chi connectivity index (χ4n) is 2.52. The van der Waals surface area contributed by atoms with E-state index in [0.29, 0.717) is 6.54 Å². The molecule has 98 valence electrons. The number of rotatable bonds is 2. The van der Waals surface area contributed by atoms with E-state index in [2.05, 4.69) is 11.0 Å². The van der Waals surface area contributed by atoms with E-state index < -0.39 is 5.54 Å². The van der Waals surface area contributed by atoms with E-state index in [-0.39, 0.29) is 5.91 Å². The minimum absolute atomic E-state index is 0.159. The van der Waals surface area contributed by atoms with Crippen molar-refractivity contribution in [3.63, 3.8) is 0 Å². The van der Waals surface area contributed by atoms with Crippen LogP contribution in [0.3, 0.4) is 0 Å². The largest absolute Gasteiger partial charge is 0.356 e. The van der Waals surface area contributed by atoms with Crippen LogP contribution in [0.4, 0.5) is 5.69 Å². The third-order valence-corrected chi connectivity index (χ3v) is 3.66. The Morgan fingerprint density at radius 3 is 2.72 bits per heavy atom. The molecule has 4 nitrogen and oxygen atoms in total. The summed E-state index contributed by atoms with van der Waals surface area (Å²) < 4.78 is 0. The van der Waals surface area contributed by atoms with Crippen molar-refractivity contribution in [2.45, 2.75) is 25.9 Å². The first kappa shape index (κ1) is 12.9. The second-order valence-corrected chi connectivity index (χ2v) is 5.31. The molecular formula is C14H21N3O. The monoisotopic (exact) mass is 247 g/mol. The Hall–Kier alpha value is -1.55. The summed E-state index contributed by atoms with van der Waals surface area (Å²) in [7, 11) is 1.86. The molecule has 0 spiro atoms. The molecule has 4 heteroatoms. The van der Waals surface area contributed by atoms with Crippen molar-refractivity contribution >= 4 is 11.6 Å². The molecule has 0 radical (unpaired) electrons. The highest BCUT2D eigenvalue weighted by molar-refractivity contribution is 5.90. The van der Waals surface area contributed by atoms with E-state index in [9.17, 15) is 4.79 Å². The van der Waals surface area contributed by atoms with Gasteiger partial charge in [0.15, 0.2) is 0 Å². The van der Waals surface area contributed by atoms with Crippen molar-refractivity contribution in [2.24, 2.45) is 5.73 Å². The first-order chi connectivity index (χ1) is 8.46. The maximum absolute atomic E-state index is 12.2. The molecule has 1 fully saturated rings. The van der Waals surface area contributed by atoms with Crippen molar-refractivity contribution < 1.29 is 4.79 Å². The van der Waals surface area contributed by atoms with E-state index in [1.807, 2.05) is 39.1 Å². The molecule has 2 rings (SSSR count). The summed E-state index contributed by atoms with van der Waals surface area (Å²) in [5.41, 5.74) is 7.34. The molecule has 1 aliphatic heterocycles. The van der Waals surface area contributed by atoms with Gasteiger partial charge in [0.25, 0.3) is 0 Å². The average Bonchev–Trinajstić information content (AvgIpc) is 2.36. The second kappa shape index (κ2) is 4.61. The second-order valence-electron chi connectivity index (χ2n) is 5.31. The van der Waals surface area contributed by atoms with Crippen LogP contribution in [0.5, 0.6) is 0 Å². The van der Waals surface area contributed by atoms with Gasteiger partial charge in [-0.1, -0.05) is 12.1 Å². The van der Waals surface area contributed by atoms with Crippen LogP contribution in [0.15, 0.2) is 24.3 Å². The lowest BCUT2D eigenvalue weighted by Gasteiger charge is -2.46. The number of benzene rings is 1. The highest BCUT2D eigenvalue weighted by atomic mass is 16.2. The van der Waals surface area contributed by atoms with Gasteiger partial charge in [-0.05, 0) is 31.5 Å². The van der Waals surface area contributed by atoms with Gasteiger partial charge < -0.3 is 15.5 Å². The minimum atomic E-state index is -0.500. The van der Waals surface area contributed by atoms with E-state index in [1.54, 1.807) is 4.90 Å². The number of amides is 1. The summed E-state index contributed by atoms with van der Waals surface area (Å²) in [6.07, 6.45) is 0. The van der Waals surface area contributed by atoms with Crippen LogP contribution in [-0.2, 0) is 11.3 Å². The van der Waals surface area contributed by atoms with Crippen LogP contribution in [0, 0.1) is 0 Å². The van der Waals surface area contributed by atoms with Crippen molar-refractivity contribution in [3.8, 4) is 0 Å². The Morgan fingerprint density at radius 1 is 1.33 bits per heavy atom. The Labute approximate surface area is 108 Å². The summed E-state index contributed by atoms with van der Waals surface area (Å²) in [5.74, 6) is 0.159. The van der Waals surface area contributed by atoms with Gasteiger partial charge in [-0.15, -0.1) is 0 Å². The lowest BCUT2D eigenvalue weighted by molar-refractivity contribution is -0.136. The Morgan fingerprint density at radius 2 is 2.06 bits per heavy atom. The third kappa shape index (κ3) is 2.08. The van der Waals surface area contributed by atoms with Gasteiger partial charge in [-0.3, -0.25) is 4.79 Å². The van der Waals surface area contributed by atoms with E-state index in [1.165, 1.54) is 0 Å². The maximum atomic E-state index is 12.2. The number of carbonyl (C=O) groups excluding carboxylic acids is 1. The molecule has 0 aromatic heterocycles. The maximum Gasteiger partial charge on any atom is 0.247 e. The van der Waals surface area contributed by atoms with Crippen molar-refractivity contribution in [3.05, 3.63) is 29.8 Å². The van der Waals surface area contributed by atoms with Gasteiger partial charge in [-0.25, -0.2) is 0 Å². The fraction of sp³-hybridized carbons (Fsp3) is 0.500. The molecule has 1 saturated heterocycles. The first-order valence-corrected chi connectivity index (χ1v) is 6.29. The zero-order valence-electron chi connectivity index (χ0n) is 11.3. The van der Waals surface area contributed by atoms with Crippen LogP contribution in [0.1, 0.15) is 19.4 Å². The summed E-state index contributed by atoms with van der Waals surface area (Å²) in [6.45, 7) is 6.08. The number of nitrogens with zero attached hydrogens (tertiary/aromatic N) is 2. The van der Waals surface area contributed by atoms with Crippen LogP contribution in [-0.4, -0.2) is 36.5 Å². The third-order valence-electron chi connectivity index (χ3n) is 3.66. The number of carbonyl (C=O) groups is 1. The SMILES string of the molecule is CN1CCN(c2cccc(CN)c2)C(C)(C)C1=O. The average molecular weight is 247 g/mol. The summed E-state index contributed by atoms with van der Waals surface area (Å²) >= 11 is 0. The van der Waals surface area contributed by atoms with Gasteiger partial charge >= 0.3 is 0 Å². The molecular weight excluding hydrogens is 226 g/mol. The molecule has 0 aliphatic carbocycles. The minimum Gasteiger partial charge on any atom is -0.356 e. The van der Waals surface area contributed by atoms with Crippen LogP contribution in [0.25, 0.3) is 0 Å². The molecule has 2 N–H and O–H groups in total. The topological polar surface area (TPSA) is 49.6 Å². The number of anilines is 1. The quantitative estimate of drug-likeness (QED) is 0.854. The fourth-order valence-corrected chi connectivity index (χ4v) is 2.52. The number of piperazine rings is 1. The summed E-state index contributed by atoms with van der Waals surface area (Å²) in [4.78, 5) is 16.2. The Kier molecular flexibility index (Phi) is 3.30. The van der Waals surface area contributed by atoms with Crippen LogP contribution >= 0.6 is 0 Å². The van der Waals surface area contributed by atoms with Gasteiger partial charge in [0.1, 0.15) is 5.54 Å². The molecule has 1 aromatic carbocycles. The van der Waals surface area contributed by atoms with Crippen LogP contribution < -0.4 is 10.6 Å². The smallest absolute Gasteiger partial charge is 0.247 e. The standard InChI is InChI=1S/C14H21N3O/c1-14(2)13(18)16(3)7-8-17(14)12-6-4-5-11(9-12)10-15/h4-6,9H,7-8,10,15H2,1-3H3. The Bertz CT molecular complexity index is 456. The lowest BCUT2D eigenvalue weighted by Crippen LogP contribution is -2.62. The molecule has 18 heavy (non-hydrogen) atoms. The van der Waals surface area contributed by atoms with E-state index in [0.717, 1.165) is 24.3 Å². The van der Waals surface area contributed by atoms with Gasteiger partial charge in [0.05, 0.1) is 0 Å². The van der Waals surface area contributed by atoms with Crippen molar-refractivity contribution in [1.82, 2.24) is 4.90 Å². The predicted octanol–water partition coefficient (Wildman–Crippen LogP) is 1.20. The summed E-state index contributed by atoms with van der Waals surface area (Å²) in [6, 6.07) is 8.12. The number of hydrogen-bond acceptors (Lipinski definition) is 3. The van der Waals surface area contributed by atoms with Crippen molar-refractivity contribution in [2.75, 3.05) is 25.0 Å². The molecule has 1 aliphatic rings. The van der Waals surface area contributed by atoms with Gasteiger partial charge in [0, 0.05) is 32.4 Å². The first-order valence-electron chi connectivity index (χ1n) is 6.29. The van der Waals surface area contributed by atoms with E-state index in [4.69, 9.17) is 5.73 Å². The van der Waals surface area contributed by atoms with Gasteiger partial charge in [-0.2, -0.15) is 0 Å². The molecule has 0 unspecified atom stereocenters. The highest BCUT2D eigenvalue weighted by Crippen LogP contribution is 2.28. The molecule has 1 heterocycles. The molecule has 1 amide bonds. The molecule has 0 saturated carbocycles.